The van der Waals surface area contributed by atoms with E-state index in [9.17, 15) is 23.8 Å². The lowest BCUT2D eigenvalue weighted by molar-refractivity contribution is -0.123. The van der Waals surface area contributed by atoms with Gasteiger partial charge in [0.05, 0.1) is 18.6 Å². The van der Waals surface area contributed by atoms with E-state index < -0.39 is 29.7 Å². The van der Waals surface area contributed by atoms with E-state index in [1.807, 2.05) is 0 Å². The fourth-order valence-electron chi connectivity index (χ4n) is 2.15. The largest absolute Gasteiger partial charge is 0.388 e. The van der Waals surface area contributed by atoms with Crippen LogP contribution >= 0.6 is 0 Å². The van der Waals surface area contributed by atoms with Crippen LogP contribution in [0.1, 0.15) is 29.8 Å². The van der Waals surface area contributed by atoms with Crippen LogP contribution in [0, 0.1) is 11.6 Å². The number of nitrogens with one attached hydrogen (secondary N) is 1. The minimum atomic E-state index is -1.19. The monoisotopic (exact) mass is 321 g/mol. The molecular formula is C17H17F2NO3. The molecule has 23 heavy (non-hydrogen) atoms. The van der Waals surface area contributed by atoms with E-state index in [0.717, 1.165) is 6.07 Å². The summed E-state index contributed by atoms with van der Waals surface area (Å²) in [6, 6.07) is 11.1. The van der Waals surface area contributed by atoms with Gasteiger partial charge in [-0.05, 0) is 23.8 Å². The van der Waals surface area contributed by atoms with Crippen LogP contribution in [-0.4, -0.2) is 22.7 Å². The van der Waals surface area contributed by atoms with Gasteiger partial charge in [0.2, 0.25) is 5.91 Å². The van der Waals surface area contributed by atoms with Gasteiger partial charge in [0.25, 0.3) is 0 Å². The number of aliphatic hydroxyl groups excluding tert-OH is 2. The quantitative estimate of drug-likeness (QED) is 0.764. The lowest BCUT2D eigenvalue weighted by Gasteiger charge is -2.15. The van der Waals surface area contributed by atoms with E-state index >= 15 is 0 Å². The first-order valence-corrected chi connectivity index (χ1v) is 7.10. The van der Waals surface area contributed by atoms with Crippen LogP contribution in [-0.2, 0) is 4.79 Å². The second kappa shape index (κ2) is 7.80. The van der Waals surface area contributed by atoms with Crippen molar-refractivity contribution in [3.63, 3.8) is 0 Å². The molecule has 122 valence electrons. The maximum absolute atomic E-state index is 13.5. The molecule has 0 bridgehead atoms. The highest BCUT2D eigenvalue weighted by atomic mass is 19.1. The molecule has 0 aromatic heterocycles. The van der Waals surface area contributed by atoms with Crippen molar-refractivity contribution >= 4 is 5.91 Å². The Morgan fingerprint density at radius 1 is 1.04 bits per heavy atom. The van der Waals surface area contributed by atoms with Gasteiger partial charge in [-0.25, -0.2) is 8.78 Å². The molecule has 2 aromatic rings. The van der Waals surface area contributed by atoms with E-state index in [0.29, 0.717) is 0 Å². The highest BCUT2D eigenvalue weighted by molar-refractivity contribution is 5.76. The molecule has 0 aliphatic heterocycles. The molecule has 0 spiro atoms. The molecular weight excluding hydrogens is 304 g/mol. The van der Waals surface area contributed by atoms with E-state index in [1.165, 1.54) is 36.4 Å². The van der Waals surface area contributed by atoms with Crippen LogP contribution < -0.4 is 5.32 Å². The number of amides is 1. The third kappa shape index (κ3) is 4.84. The number of rotatable bonds is 6. The lowest BCUT2D eigenvalue weighted by atomic mass is 10.1. The molecule has 2 unspecified atom stereocenters. The number of benzene rings is 2. The van der Waals surface area contributed by atoms with Crippen LogP contribution in [0.15, 0.2) is 48.5 Å². The number of hydrogen-bond donors (Lipinski definition) is 3. The number of aliphatic hydroxyl groups is 2. The predicted octanol–water partition coefficient (Wildman–Crippen LogP) is 2.24. The average molecular weight is 321 g/mol. The summed E-state index contributed by atoms with van der Waals surface area (Å²) < 4.78 is 26.5. The summed E-state index contributed by atoms with van der Waals surface area (Å²) in [5.41, 5.74) is 0.369. The van der Waals surface area contributed by atoms with Gasteiger partial charge in [0, 0.05) is 12.1 Å². The summed E-state index contributed by atoms with van der Waals surface area (Å²) in [6.07, 6.45) is -2.63. The van der Waals surface area contributed by atoms with E-state index in [2.05, 4.69) is 5.32 Å². The normalized spacial score (nSPS) is 13.4. The summed E-state index contributed by atoms with van der Waals surface area (Å²) >= 11 is 0. The van der Waals surface area contributed by atoms with Gasteiger partial charge >= 0.3 is 0 Å². The zero-order valence-corrected chi connectivity index (χ0v) is 12.2. The molecule has 2 rings (SSSR count). The zero-order valence-electron chi connectivity index (χ0n) is 12.2. The van der Waals surface area contributed by atoms with Crippen LogP contribution in [0.4, 0.5) is 8.78 Å². The summed E-state index contributed by atoms with van der Waals surface area (Å²) in [6.45, 7) is -0.185. The Balaban J connectivity index is 1.86. The SMILES string of the molecule is O=C(CC(O)c1cccc(F)c1)NCC(O)c1ccccc1F. The van der Waals surface area contributed by atoms with Gasteiger partial charge in [0.15, 0.2) is 0 Å². The minimum Gasteiger partial charge on any atom is -0.388 e. The van der Waals surface area contributed by atoms with Crippen molar-refractivity contribution < 1.29 is 23.8 Å². The van der Waals surface area contributed by atoms with Crippen molar-refractivity contribution in [1.29, 1.82) is 0 Å². The van der Waals surface area contributed by atoms with Gasteiger partial charge in [-0.2, -0.15) is 0 Å². The molecule has 3 N–H and O–H groups in total. The molecule has 6 heteroatoms. The highest BCUT2D eigenvalue weighted by Gasteiger charge is 2.16. The van der Waals surface area contributed by atoms with Gasteiger partial charge in [-0.1, -0.05) is 30.3 Å². The number of carbonyl (C=O) groups is 1. The van der Waals surface area contributed by atoms with E-state index in [4.69, 9.17) is 0 Å². The van der Waals surface area contributed by atoms with Gasteiger partial charge in [-0.3, -0.25) is 4.79 Å². The third-order valence-electron chi connectivity index (χ3n) is 3.37. The first kappa shape index (κ1) is 17.1. The van der Waals surface area contributed by atoms with Crippen molar-refractivity contribution in [1.82, 2.24) is 5.32 Å². The van der Waals surface area contributed by atoms with Crippen molar-refractivity contribution in [2.75, 3.05) is 6.54 Å². The molecule has 2 aromatic carbocycles. The van der Waals surface area contributed by atoms with Crippen LogP contribution in [0.2, 0.25) is 0 Å². The van der Waals surface area contributed by atoms with Crippen molar-refractivity contribution in [3.05, 3.63) is 71.3 Å². The van der Waals surface area contributed by atoms with Gasteiger partial charge in [0.1, 0.15) is 11.6 Å². The topological polar surface area (TPSA) is 69.6 Å². The molecule has 1 amide bonds. The predicted molar refractivity (Wildman–Crippen MR) is 80.3 cm³/mol. The summed E-state index contributed by atoms with van der Waals surface area (Å²) in [5, 5.41) is 22.2. The Hall–Kier alpha value is -2.31. The average Bonchev–Trinajstić information content (AvgIpc) is 2.53. The maximum Gasteiger partial charge on any atom is 0.223 e. The second-order valence-corrected chi connectivity index (χ2v) is 5.12. The molecule has 2 atom stereocenters. The molecule has 0 fully saturated rings. The Morgan fingerprint density at radius 2 is 1.78 bits per heavy atom. The van der Waals surface area contributed by atoms with Crippen LogP contribution in [0.5, 0.6) is 0 Å². The molecule has 0 aliphatic rings. The Morgan fingerprint density at radius 3 is 2.48 bits per heavy atom. The molecule has 4 nitrogen and oxygen atoms in total. The Bertz CT molecular complexity index is 678. The maximum atomic E-state index is 13.5. The van der Waals surface area contributed by atoms with Crippen molar-refractivity contribution in [3.8, 4) is 0 Å². The van der Waals surface area contributed by atoms with Gasteiger partial charge in [-0.15, -0.1) is 0 Å². The highest BCUT2D eigenvalue weighted by Crippen LogP contribution is 2.18. The number of halogens is 2. The zero-order chi connectivity index (χ0) is 16.8. The smallest absolute Gasteiger partial charge is 0.223 e. The minimum absolute atomic E-state index is 0.0819. The molecule has 0 saturated carbocycles. The fraction of sp³-hybridized carbons (Fsp3) is 0.235. The number of hydrogen-bond acceptors (Lipinski definition) is 3. The first-order chi connectivity index (χ1) is 11.0. The van der Waals surface area contributed by atoms with Gasteiger partial charge < -0.3 is 15.5 Å². The Kier molecular flexibility index (Phi) is 5.78. The van der Waals surface area contributed by atoms with Crippen LogP contribution in [0.3, 0.4) is 0 Å². The molecule has 0 saturated heterocycles. The summed E-state index contributed by atoms with van der Waals surface area (Å²) in [4.78, 5) is 11.8. The third-order valence-corrected chi connectivity index (χ3v) is 3.37. The van der Waals surface area contributed by atoms with Crippen molar-refractivity contribution in [2.45, 2.75) is 18.6 Å². The molecule has 0 radical (unpaired) electrons. The lowest BCUT2D eigenvalue weighted by Crippen LogP contribution is -2.29. The summed E-state index contributed by atoms with van der Waals surface area (Å²) in [5.74, 6) is -1.59. The van der Waals surface area contributed by atoms with E-state index in [-0.39, 0.29) is 24.1 Å². The fourth-order valence-corrected chi connectivity index (χ4v) is 2.15. The first-order valence-electron chi connectivity index (χ1n) is 7.10. The Labute approximate surface area is 132 Å². The van der Waals surface area contributed by atoms with Crippen LogP contribution in [0.25, 0.3) is 0 Å². The molecule has 0 aliphatic carbocycles. The summed E-state index contributed by atoms with van der Waals surface area (Å²) in [7, 11) is 0. The van der Waals surface area contributed by atoms with Crippen molar-refractivity contribution in [2.24, 2.45) is 0 Å². The standard InChI is InChI=1S/C17H17F2NO3/c18-12-5-3-4-11(8-12)15(21)9-17(23)20-10-16(22)13-6-1-2-7-14(13)19/h1-8,15-16,21-22H,9-10H2,(H,20,23). The number of carbonyl (C=O) groups excluding carboxylic acids is 1. The molecule has 0 heterocycles. The van der Waals surface area contributed by atoms with E-state index in [1.54, 1.807) is 6.07 Å². The second-order valence-electron chi connectivity index (χ2n) is 5.12.